The molecule has 1 aromatic carbocycles. The maximum absolute atomic E-state index is 13.1. The molecular formula is C24H21F3N4O3. The number of ketones is 1. The molecule has 7 nitrogen and oxygen atoms in total. The van der Waals surface area contributed by atoms with Crippen molar-refractivity contribution < 1.29 is 18.0 Å². The van der Waals surface area contributed by atoms with Gasteiger partial charge in [0.2, 0.25) is 0 Å². The third-order valence-corrected chi connectivity index (χ3v) is 5.84. The summed E-state index contributed by atoms with van der Waals surface area (Å²) in [5, 5.41) is -0.183. The lowest BCUT2D eigenvalue weighted by atomic mass is 10.1. The fraction of sp³-hybridized carbons (Fsp3) is 0.250. The van der Waals surface area contributed by atoms with Crippen LogP contribution in [0.4, 0.5) is 13.2 Å². The molecule has 4 aromatic rings. The topological polar surface area (TPSA) is 78.9 Å². The third kappa shape index (κ3) is 4.07. The monoisotopic (exact) mass is 470 g/mol. The van der Waals surface area contributed by atoms with Gasteiger partial charge in [-0.05, 0) is 37.6 Å². The number of halogens is 3. The number of nitrogens with zero attached hydrogens (tertiary/aromatic N) is 4. The van der Waals surface area contributed by atoms with Crippen LogP contribution in [0.1, 0.15) is 33.0 Å². The number of aryl methyl sites for hydroxylation is 2. The number of fused-ring (bicyclic) bond motifs is 1. The van der Waals surface area contributed by atoms with E-state index in [4.69, 9.17) is 0 Å². The molecule has 0 aliphatic rings. The summed E-state index contributed by atoms with van der Waals surface area (Å²) < 4.78 is 42.6. The predicted molar refractivity (Wildman–Crippen MR) is 120 cm³/mol. The van der Waals surface area contributed by atoms with Crippen LogP contribution in [-0.2, 0) is 26.3 Å². The van der Waals surface area contributed by atoms with Crippen LogP contribution in [0.3, 0.4) is 0 Å². The molecule has 3 aromatic heterocycles. The van der Waals surface area contributed by atoms with Gasteiger partial charge in [-0.15, -0.1) is 0 Å². The summed E-state index contributed by atoms with van der Waals surface area (Å²) in [5.41, 5.74) is -0.451. The molecule has 0 aliphatic carbocycles. The maximum Gasteiger partial charge on any atom is 0.433 e. The molecule has 0 fully saturated rings. The molecule has 0 amide bonds. The molecule has 34 heavy (non-hydrogen) atoms. The normalized spacial score (nSPS) is 11.8. The number of Topliss-reactive ketones (excluding diaryl/α,β-unsaturated/α-hetero) is 1. The number of rotatable bonds is 5. The van der Waals surface area contributed by atoms with Gasteiger partial charge < -0.3 is 4.57 Å². The van der Waals surface area contributed by atoms with Crippen LogP contribution in [-0.4, -0.2) is 24.5 Å². The van der Waals surface area contributed by atoms with E-state index in [0.717, 1.165) is 26.5 Å². The molecule has 0 N–H and O–H groups in total. The number of benzene rings is 1. The molecule has 4 rings (SSSR count). The van der Waals surface area contributed by atoms with Gasteiger partial charge in [0.1, 0.15) is 11.3 Å². The lowest BCUT2D eigenvalue weighted by Gasteiger charge is -2.12. The summed E-state index contributed by atoms with van der Waals surface area (Å²) in [4.78, 5) is 42.2. The first kappa shape index (κ1) is 23.2. The van der Waals surface area contributed by atoms with Gasteiger partial charge >= 0.3 is 11.9 Å². The molecular weight excluding hydrogens is 449 g/mol. The Labute approximate surface area is 191 Å². The number of aromatic nitrogens is 4. The maximum atomic E-state index is 13.1. The van der Waals surface area contributed by atoms with Gasteiger partial charge in [-0.3, -0.25) is 18.7 Å². The van der Waals surface area contributed by atoms with Gasteiger partial charge in [0.15, 0.2) is 5.78 Å². The Bertz CT molecular complexity index is 1530. The minimum absolute atomic E-state index is 0.183. The zero-order chi connectivity index (χ0) is 24.8. The van der Waals surface area contributed by atoms with E-state index >= 15 is 0 Å². The van der Waals surface area contributed by atoms with Crippen molar-refractivity contribution in [1.82, 2.24) is 18.7 Å². The fourth-order valence-corrected chi connectivity index (χ4v) is 3.99. The minimum Gasteiger partial charge on any atom is -0.344 e. The number of pyridine rings is 1. The highest BCUT2D eigenvalue weighted by molar-refractivity contribution is 5.97. The molecule has 0 spiro atoms. The largest absolute Gasteiger partial charge is 0.433 e. The molecule has 0 aliphatic heterocycles. The van der Waals surface area contributed by atoms with Gasteiger partial charge in [-0.1, -0.05) is 30.3 Å². The molecule has 0 radical (unpaired) electrons. The Morgan fingerprint density at radius 3 is 2.32 bits per heavy atom. The van der Waals surface area contributed by atoms with Crippen LogP contribution in [0.25, 0.3) is 11.0 Å². The zero-order valence-electron chi connectivity index (χ0n) is 18.7. The quantitative estimate of drug-likeness (QED) is 0.419. The lowest BCUT2D eigenvalue weighted by molar-refractivity contribution is -0.141. The summed E-state index contributed by atoms with van der Waals surface area (Å²) >= 11 is 0. The molecule has 0 bridgehead atoms. The molecule has 3 heterocycles. The first-order valence-electron chi connectivity index (χ1n) is 10.4. The number of carbonyl (C=O) groups is 1. The number of alkyl halides is 3. The Hall–Kier alpha value is -3.95. The van der Waals surface area contributed by atoms with Crippen molar-refractivity contribution >= 4 is 16.8 Å². The first-order valence-corrected chi connectivity index (χ1v) is 10.4. The van der Waals surface area contributed by atoms with Gasteiger partial charge in [0, 0.05) is 30.5 Å². The number of hydrogen-bond acceptors (Lipinski definition) is 4. The summed E-state index contributed by atoms with van der Waals surface area (Å²) in [6.45, 7) is 3.65. The Morgan fingerprint density at radius 1 is 1.00 bits per heavy atom. The minimum atomic E-state index is -4.72. The highest BCUT2D eigenvalue weighted by atomic mass is 19.4. The van der Waals surface area contributed by atoms with Gasteiger partial charge in [-0.25, -0.2) is 9.78 Å². The Balaban J connectivity index is 1.72. The molecule has 0 saturated carbocycles. The first-order chi connectivity index (χ1) is 16.0. The standard InChI is InChI=1S/C24H21F3N4O3/c1-14-11-18(15(2)30(14)12-16-7-5-4-6-8-16)19(32)13-31-22(33)17-9-10-20(24(25,26)27)28-21(17)29(3)23(31)34/h4-11H,12-13H2,1-3H3. The van der Waals surface area contributed by atoms with E-state index in [0.29, 0.717) is 23.9 Å². The Morgan fingerprint density at radius 2 is 1.68 bits per heavy atom. The molecule has 10 heteroatoms. The van der Waals surface area contributed by atoms with Crippen molar-refractivity contribution in [2.24, 2.45) is 7.05 Å². The predicted octanol–water partition coefficient (Wildman–Crippen LogP) is 3.46. The van der Waals surface area contributed by atoms with E-state index in [1.165, 1.54) is 7.05 Å². The van der Waals surface area contributed by atoms with Gasteiger partial charge in [0.25, 0.3) is 5.56 Å². The van der Waals surface area contributed by atoms with Crippen LogP contribution >= 0.6 is 0 Å². The molecule has 0 atom stereocenters. The number of hydrogen-bond donors (Lipinski definition) is 0. The summed E-state index contributed by atoms with van der Waals surface area (Å²) in [7, 11) is 1.21. The second kappa shape index (κ2) is 8.44. The smallest absolute Gasteiger partial charge is 0.344 e. The highest BCUT2D eigenvalue weighted by Crippen LogP contribution is 2.28. The van der Waals surface area contributed by atoms with E-state index in [9.17, 15) is 27.6 Å². The van der Waals surface area contributed by atoms with E-state index in [-0.39, 0.29) is 5.39 Å². The van der Waals surface area contributed by atoms with Crippen LogP contribution in [0.2, 0.25) is 0 Å². The third-order valence-electron chi connectivity index (χ3n) is 5.84. The van der Waals surface area contributed by atoms with Crippen LogP contribution in [0, 0.1) is 13.8 Å². The number of carbonyl (C=O) groups excluding carboxylic acids is 1. The molecule has 0 saturated heterocycles. The van der Waals surface area contributed by atoms with Crippen molar-refractivity contribution in [3.05, 3.63) is 97.6 Å². The van der Waals surface area contributed by atoms with Crippen molar-refractivity contribution in [1.29, 1.82) is 0 Å². The van der Waals surface area contributed by atoms with E-state index in [1.807, 2.05) is 41.8 Å². The Kier molecular flexibility index (Phi) is 5.76. The van der Waals surface area contributed by atoms with Crippen LogP contribution in [0.5, 0.6) is 0 Å². The second-order valence-corrected chi connectivity index (χ2v) is 8.08. The van der Waals surface area contributed by atoms with E-state index in [2.05, 4.69) is 4.98 Å². The zero-order valence-corrected chi connectivity index (χ0v) is 18.7. The van der Waals surface area contributed by atoms with Gasteiger partial charge in [0.05, 0.1) is 11.9 Å². The molecule has 0 unspecified atom stereocenters. The van der Waals surface area contributed by atoms with E-state index in [1.54, 1.807) is 13.0 Å². The lowest BCUT2D eigenvalue weighted by Crippen LogP contribution is -2.41. The van der Waals surface area contributed by atoms with Crippen molar-refractivity contribution in [3.63, 3.8) is 0 Å². The summed E-state index contributed by atoms with van der Waals surface area (Å²) in [5.74, 6) is -0.453. The SMILES string of the molecule is Cc1cc(C(=O)Cn2c(=O)c3ccc(C(F)(F)F)nc3n(C)c2=O)c(C)n1Cc1ccccc1. The highest BCUT2D eigenvalue weighted by Gasteiger charge is 2.33. The van der Waals surface area contributed by atoms with Crippen LogP contribution < -0.4 is 11.2 Å². The van der Waals surface area contributed by atoms with Crippen molar-refractivity contribution in [2.45, 2.75) is 33.1 Å². The fourth-order valence-electron chi connectivity index (χ4n) is 3.99. The average Bonchev–Trinajstić information content (AvgIpc) is 3.08. The van der Waals surface area contributed by atoms with Crippen molar-refractivity contribution in [3.8, 4) is 0 Å². The van der Waals surface area contributed by atoms with Crippen molar-refractivity contribution in [2.75, 3.05) is 0 Å². The second-order valence-electron chi connectivity index (χ2n) is 8.08. The van der Waals surface area contributed by atoms with Gasteiger partial charge in [-0.2, -0.15) is 13.2 Å². The summed E-state index contributed by atoms with van der Waals surface area (Å²) in [6, 6.07) is 13.0. The van der Waals surface area contributed by atoms with Crippen LogP contribution in [0.15, 0.2) is 58.1 Å². The summed E-state index contributed by atoms with van der Waals surface area (Å²) in [6.07, 6.45) is -4.72. The van der Waals surface area contributed by atoms with E-state index < -0.39 is 41.1 Å². The average molecular weight is 470 g/mol. The molecule has 176 valence electrons.